The lowest BCUT2D eigenvalue weighted by atomic mass is 9.79. The van der Waals surface area contributed by atoms with Crippen molar-refractivity contribution in [3.05, 3.63) is 18.2 Å². The number of nitrogens with zero attached hydrogens (tertiary/aromatic N) is 2. The number of hydrogen-bond acceptors (Lipinski definition) is 3. The van der Waals surface area contributed by atoms with Crippen LogP contribution in [0, 0.1) is 0 Å². The number of nitrogens with one attached hydrogen (secondary N) is 1. The average molecular weight is 277 g/mol. The van der Waals surface area contributed by atoms with Gasteiger partial charge in [0.1, 0.15) is 5.82 Å². The first-order valence-corrected chi connectivity index (χ1v) is 8.05. The predicted molar refractivity (Wildman–Crippen MR) is 79.8 cm³/mol. The minimum atomic E-state index is -0.0669. The van der Waals surface area contributed by atoms with Gasteiger partial charge >= 0.3 is 0 Å². The molecule has 112 valence electrons. The molecule has 0 amide bonds. The van der Waals surface area contributed by atoms with E-state index in [0.717, 1.165) is 12.8 Å². The zero-order valence-corrected chi connectivity index (χ0v) is 12.7. The minimum Gasteiger partial charge on any atom is -0.394 e. The Balaban J connectivity index is 1.78. The first-order chi connectivity index (χ1) is 9.63. The molecule has 4 nitrogen and oxygen atoms in total. The van der Waals surface area contributed by atoms with Crippen LogP contribution in [0.4, 0.5) is 0 Å². The van der Waals surface area contributed by atoms with E-state index in [1.807, 2.05) is 6.20 Å². The average Bonchev–Trinajstić information content (AvgIpc) is 3.10. The van der Waals surface area contributed by atoms with Crippen LogP contribution in [0.3, 0.4) is 0 Å². The van der Waals surface area contributed by atoms with Gasteiger partial charge in [-0.1, -0.05) is 13.8 Å². The van der Waals surface area contributed by atoms with Gasteiger partial charge in [-0.15, -0.1) is 0 Å². The van der Waals surface area contributed by atoms with Crippen LogP contribution in [0.15, 0.2) is 12.4 Å². The Morgan fingerprint density at radius 2 is 2.25 bits per heavy atom. The standard InChI is InChI=1S/C16H27N3O/c1-12(2)15-17-8-9-19(15)14-4-3-7-16(10-14,11-20)18-13-5-6-13/h8-9,12-14,18,20H,3-7,10-11H2,1-2H3. The fourth-order valence-corrected chi connectivity index (χ4v) is 3.63. The SMILES string of the molecule is CC(C)c1nccn1C1CCCC(CO)(NC2CC2)C1. The Morgan fingerprint density at radius 1 is 1.45 bits per heavy atom. The Kier molecular flexibility index (Phi) is 3.87. The second kappa shape index (κ2) is 5.49. The highest BCUT2D eigenvalue weighted by Crippen LogP contribution is 2.38. The van der Waals surface area contributed by atoms with Crippen LogP contribution in [0.1, 0.15) is 70.2 Å². The number of aromatic nitrogens is 2. The van der Waals surface area contributed by atoms with Gasteiger partial charge in [0.2, 0.25) is 0 Å². The largest absolute Gasteiger partial charge is 0.394 e. The van der Waals surface area contributed by atoms with E-state index in [1.165, 1.54) is 31.5 Å². The molecule has 2 saturated carbocycles. The lowest BCUT2D eigenvalue weighted by Crippen LogP contribution is -2.52. The molecule has 2 unspecified atom stereocenters. The molecule has 20 heavy (non-hydrogen) atoms. The Hall–Kier alpha value is -0.870. The van der Waals surface area contributed by atoms with Crippen LogP contribution in [0.5, 0.6) is 0 Å². The van der Waals surface area contributed by atoms with E-state index in [1.54, 1.807) is 0 Å². The van der Waals surface area contributed by atoms with Gasteiger partial charge in [-0.2, -0.15) is 0 Å². The van der Waals surface area contributed by atoms with Crippen LogP contribution in [-0.2, 0) is 0 Å². The van der Waals surface area contributed by atoms with Gasteiger partial charge in [0.15, 0.2) is 0 Å². The van der Waals surface area contributed by atoms with E-state index in [9.17, 15) is 5.11 Å². The zero-order chi connectivity index (χ0) is 14.2. The highest BCUT2D eigenvalue weighted by Gasteiger charge is 2.40. The highest BCUT2D eigenvalue weighted by molar-refractivity contribution is 5.05. The molecule has 2 N–H and O–H groups in total. The lowest BCUT2D eigenvalue weighted by molar-refractivity contribution is 0.0950. The molecule has 2 aliphatic carbocycles. The van der Waals surface area contributed by atoms with Gasteiger partial charge in [-0.25, -0.2) is 4.98 Å². The molecule has 2 fully saturated rings. The van der Waals surface area contributed by atoms with Crippen molar-refractivity contribution in [2.75, 3.05) is 6.61 Å². The van der Waals surface area contributed by atoms with E-state index in [4.69, 9.17) is 0 Å². The fraction of sp³-hybridized carbons (Fsp3) is 0.812. The normalized spacial score (nSPS) is 30.9. The minimum absolute atomic E-state index is 0.0669. The van der Waals surface area contributed by atoms with E-state index in [-0.39, 0.29) is 12.1 Å². The molecule has 0 saturated heterocycles. The summed E-state index contributed by atoms with van der Waals surface area (Å²) in [6, 6.07) is 1.12. The third-order valence-electron chi connectivity index (χ3n) is 4.82. The van der Waals surface area contributed by atoms with Crippen molar-refractivity contribution >= 4 is 0 Å². The van der Waals surface area contributed by atoms with Crippen LogP contribution in [0.25, 0.3) is 0 Å². The molecule has 1 heterocycles. The summed E-state index contributed by atoms with van der Waals surface area (Å²) >= 11 is 0. The van der Waals surface area contributed by atoms with E-state index >= 15 is 0 Å². The maximum Gasteiger partial charge on any atom is 0.111 e. The van der Waals surface area contributed by atoms with Gasteiger partial charge < -0.3 is 15.0 Å². The van der Waals surface area contributed by atoms with Crippen LogP contribution >= 0.6 is 0 Å². The molecule has 0 aromatic carbocycles. The number of aliphatic hydroxyl groups excluding tert-OH is 1. The van der Waals surface area contributed by atoms with Crippen molar-refractivity contribution in [3.8, 4) is 0 Å². The summed E-state index contributed by atoms with van der Waals surface area (Å²) in [6.45, 7) is 4.65. The molecule has 4 heteroatoms. The third kappa shape index (κ3) is 2.77. The molecule has 0 bridgehead atoms. The number of imidazole rings is 1. The summed E-state index contributed by atoms with van der Waals surface area (Å²) < 4.78 is 2.35. The fourth-order valence-electron chi connectivity index (χ4n) is 3.63. The van der Waals surface area contributed by atoms with Crippen molar-refractivity contribution in [2.45, 2.75) is 75.9 Å². The Labute approximate surface area is 121 Å². The van der Waals surface area contributed by atoms with Crippen molar-refractivity contribution in [1.29, 1.82) is 0 Å². The van der Waals surface area contributed by atoms with Crippen LogP contribution < -0.4 is 5.32 Å². The van der Waals surface area contributed by atoms with Crippen molar-refractivity contribution in [2.24, 2.45) is 0 Å². The van der Waals surface area contributed by atoms with E-state index in [0.29, 0.717) is 18.0 Å². The summed E-state index contributed by atoms with van der Waals surface area (Å²) in [7, 11) is 0. The van der Waals surface area contributed by atoms with Crippen molar-refractivity contribution < 1.29 is 5.11 Å². The third-order valence-corrected chi connectivity index (χ3v) is 4.82. The molecule has 1 aromatic heterocycles. The maximum atomic E-state index is 9.92. The summed E-state index contributed by atoms with van der Waals surface area (Å²) in [5.74, 6) is 1.63. The smallest absolute Gasteiger partial charge is 0.111 e. The van der Waals surface area contributed by atoms with Crippen molar-refractivity contribution in [1.82, 2.24) is 14.9 Å². The summed E-state index contributed by atoms with van der Waals surface area (Å²) in [5, 5.41) is 13.6. The van der Waals surface area contributed by atoms with E-state index < -0.39 is 0 Å². The topological polar surface area (TPSA) is 50.1 Å². The van der Waals surface area contributed by atoms with Crippen molar-refractivity contribution in [3.63, 3.8) is 0 Å². The highest BCUT2D eigenvalue weighted by atomic mass is 16.3. The second-order valence-corrected chi connectivity index (χ2v) is 6.95. The number of aliphatic hydroxyl groups is 1. The first kappa shape index (κ1) is 14.1. The molecule has 0 aliphatic heterocycles. The molecule has 0 spiro atoms. The molecule has 1 aromatic rings. The molecule has 0 radical (unpaired) electrons. The number of rotatable bonds is 5. The summed E-state index contributed by atoms with van der Waals surface area (Å²) in [4.78, 5) is 4.52. The van der Waals surface area contributed by atoms with Crippen LogP contribution in [0.2, 0.25) is 0 Å². The van der Waals surface area contributed by atoms with Gasteiger partial charge in [-0.3, -0.25) is 0 Å². The summed E-state index contributed by atoms with van der Waals surface area (Å²) in [6.07, 6.45) is 11.1. The van der Waals surface area contributed by atoms with Gasteiger partial charge in [0, 0.05) is 35.9 Å². The predicted octanol–water partition coefficient (Wildman–Crippen LogP) is 2.60. The van der Waals surface area contributed by atoms with Gasteiger partial charge in [0.05, 0.1) is 6.61 Å². The van der Waals surface area contributed by atoms with Gasteiger partial charge in [0.25, 0.3) is 0 Å². The molecular formula is C16H27N3O. The zero-order valence-electron chi connectivity index (χ0n) is 12.7. The second-order valence-electron chi connectivity index (χ2n) is 6.95. The molecule has 2 aliphatic rings. The first-order valence-electron chi connectivity index (χ1n) is 8.05. The number of hydrogen-bond donors (Lipinski definition) is 2. The summed E-state index contributed by atoms with van der Waals surface area (Å²) in [5.41, 5.74) is -0.0669. The Morgan fingerprint density at radius 3 is 2.90 bits per heavy atom. The van der Waals surface area contributed by atoms with Gasteiger partial charge in [-0.05, 0) is 38.5 Å². The molecule has 2 atom stereocenters. The maximum absolute atomic E-state index is 9.92. The molecule has 3 rings (SSSR count). The monoisotopic (exact) mass is 277 g/mol. The van der Waals surface area contributed by atoms with E-state index in [2.05, 4.69) is 34.9 Å². The molecular weight excluding hydrogens is 250 g/mol. The quantitative estimate of drug-likeness (QED) is 0.870. The lowest BCUT2D eigenvalue weighted by Gasteiger charge is -2.41. The Bertz CT molecular complexity index is 452. The van der Waals surface area contributed by atoms with Crippen LogP contribution in [-0.4, -0.2) is 32.8 Å².